The van der Waals surface area contributed by atoms with Crippen LogP contribution in [0.15, 0.2) is 88.9 Å². The van der Waals surface area contributed by atoms with Gasteiger partial charge in [0.15, 0.2) is 0 Å². The average Bonchev–Trinajstić information content (AvgIpc) is 3.20. The number of hydrogen-bond acceptors (Lipinski definition) is 5. The Bertz CT molecular complexity index is 1620. The lowest BCUT2D eigenvalue weighted by molar-refractivity contribution is -0.121. The fourth-order valence-corrected chi connectivity index (χ4v) is 6.16. The molecule has 1 amide bonds. The largest absolute Gasteiger partial charge is 0.497 e. The highest BCUT2D eigenvalue weighted by molar-refractivity contribution is 7.89. The third kappa shape index (κ3) is 6.92. The molecule has 0 aliphatic rings. The minimum absolute atomic E-state index is 0.00961. The van der Waals surface area contributed by atoms with Crippen LogP contribution in [0.25, 0.3) is 5.69 Å². The van der Waals surface area contributed by atoms with E-state index in [2.05, 4.69) is 10.5 Å². The molecule has 8 nitrogen and oxygen atoms in total. The maximum Gasteiger partial charge on any atom is 0.255 e. The van der Waals surface area contributed by atoms with Crippen LogP contribution in [-0.2, 0) is 21.4 Å². The second-order valence-corrected chi connectivity index (χ2v) is 11.8. The Morgan fingerprint density at radius 3 is 2.27 bits per heavy atom. The molecule has 0 saturated heterocycles. The van der Waals surface area contributed by atoms with Gasteiger partial charge in [0.1, 0.15) is 5.75 Å². The van der Waals surface area contributed by atoms with Crippen molar-refractivity contribution in [3.8, 4) is 11.4 Å². The van der Waals surface area contributed by atoms with Crippen LogP contribution in [0.3, 0.4) is 0 Å². The van der Waals surface area contributed by atoms with E-state index in [4.69, 9.17) is 27.9 Å². The molecule has 0 aliphatic carbocycles. The molecule has 0 unspecified atom stereocenters. The zero-order valence-electron chi connectivity index (χ0n) is 22.1. The van der Waals surface area contributed by atoms with E-state index in [9.17, 15) is 13.2 Å². The molecule has 208 valence electrons. The lowest BCUT2D eigenvalue weighted by Gasteiger charge is -2.21. The fourth-order valence-electron chi connectivity index (χ4n) is 4.26. The number of rotatable bonds is 10. The van der Waals surface area contributed by atoms with Gasteiger partial charge in [-0.3, -0.25) is 4.79 Å². The van der Waals surface area contributed by atoms with Gasteiger partial charge in [0.25, 0.3) is 5.91 Å². The summed E-state index contributed by atoms with van der Waals surface area (Å²) in [7, 11) is -2.50. The summed E-state index contributed by atoms with van der Waals surface area (Å²) in [5.74, 6) is -0.0573. The van der Waals surface area contributed by atoms with Crippen molar-refractivity contribution in [3.05, 3.63) is 111 Å². The smallest absolute Gasteiger partial charge is 0.255 e. The van der Waals surface area contributed by atoms with Crippen molar-refractivity contribution in [1.29, 1.82) is 0 Å². The molecule has 0 spiro atoms. The number of methoxy groups -OCH3 is 1. The summed E-state index contributed by atoms with van der Waals surface area (Å²) in [6, 6.07) is 22.3. The molecule has 3 aromatic carbocycles. The normalized spacial score (nSPS) is 11.8. The van der Waals surface area contributed by atoms with E-state index in [1.165, 1.54) is 25.5 Å². The maximum atomic E-state index is 13.5. The van der Waals surface area contributed by atoms with Crippen molar-refractivity contribution in [2.45, 2.75) is 25.3 Å². The highest BCUT2D eigenvalue weighted by Gasteiger charge is 2.27. The topological polar surface area (TPSA) is 93.0 Å². The molecule has 11 heteroatoms. The number of sulfonamides is 1. The molecular formula is C29H28Cl2N4O4S. The van der Waals surface area contributed by atoms with E-state index in [1.54, 1.807) is 42.5 Å². The minimum Gasteiger partial charge on any atom is -0.497 e. The van der Waals surface area contributed by atoms with E-state index in [0.717, 1.165) is 32.5 Å². The summed E-state index contributed by atoms with van der Waals surface area (Å²) in [6.45, 7) is 3.42. The number of hydrazone groups is 1. The minimum atomic E-state index is -4.00. The summed E-state index contributed by atoms with van der Waals surface area (Å²) in [5, 5.41) is 5.13. The number of carbonyl (C=O) groups excluding carboxylic acids is 1. The number of nitrogens with one attached hydrogen (secondary N) is 1. The van der Waals surface area contributed by atoms with Gasteiger partial charge < -0.3 is 9.30 Å². The Hall–Kier alpha value is -3.63. The Labute approximate surface area is 243 Å². The fraction of sp³-hybridized carbons (Fsp3) is 0.172. The highest BCUT2D eigenvalue weighted by Crippen LogP contribution is 2.26. The van der Waals surface area contributed by atoms with Crippen molar-refractivity contribution >= 4 is 45.3 Å². The van der Waals surface area contributed by atoms with Gasteiger partial charge in [-0.25, -0.2) is 13.8 Å². The monoisotopic (exact) mass is 598 g/mol. The summed E-state index contributed by atoms with van der Waals surface area (Å²) < 4.78 is 35.2. The van der Waals surface area contributed by atoms with E-state index in [1.807, 2.05) is 42.7 Å². The molecule has 0 radical (unpaired) electrons. The first-order valence-electron chi connectivity index (χ1n) is 12.2. The van der Waals surface area contributed by atoms with Crippen LogP contribution >= 0.6 is 23.2 Å². The van der Waals surface area contributed by atoms with E-state index in [0.29, 0.717) is 15.8 Å². The van der Waals surface area contributed by atoms with Crippen LogP contribution in [0, 0.1) is 13.8 Å². The lowest BCUT2D eigenvalue weighted by Crippen LogP contribution is -2.39. The molecule has 0 bridgehead atoms. The molecule has 1 N–H and O–H groups in total. The summed E-state index contributed by atoms with van der Waals surface area (Å²) in [4.78, 5) is 12.9. The molecular weight excluding hydrogens is 571 g/mol. The van der Waals surface area contributed by atoms with Crippen LogP contribution < -0.4 is 10.2 Å². The van der Waals surface area contributed by atoms with Gasteiger partial charge in [0.2, 0.25) is 10.0 Å². The molecule has 0 saturated carbocycles. The quantitative estimate of drug-likeness (QED) is 0.186. The molecule has 4 aromatic rings. The van der Waals surface area contributed by atoms with Crippen LogP contribution in [0.2, 0.25) is 10.0 Å². The number of hydrogen-bond donors (Lipinski definition) is 1. The number of nitrogens with zero attached hydrogens (tertiary/aromatic N) is 3. The predicted molar refractivity (Wildman–Crippen MR) is 158 cm³/mol. The van der Waals surface area contributed by atoms with Crippen LogP contribution in [0.5, 0.6) is 5.75 Å². The lowest BCUT2D eigenvalue weighted by atomic mass is 10.2. The number of carbonyl (C=O) groups is 1. The van der Waals surface area contributed by atoms with Crippen molar-refractivity contribution in [2.24, 2.45) is 5.10 Å². The third-order valence-corrected chi connectivity index (χ3v) is 8.43. The first kappa shape index (κ1) is 29.4. The number of aryl methyl sites for hydroxylation is 1. The predicted octanol–water partition coefficient (Wildman–Crippen LogP) is 5.75. The molecule has 1 aromatic heterocycles. The van der Waals surface area contributed by atoms with Gasteiger partial charge in [-0.2, -0.15) is 9.41 Å². The summed E-state index contributed by atoms with van der Waals surface area (Å²) in [6.07, 6.45) is 1.52. The van der Waals surface area contributed by atoms with Crippen molar-refractivity contribution in [2.75, 3.05) is 13.7 Å². The van der Waals surface area contributed by atoms with Gasteiger partial charge in [-0.1, -0.05) is 53.5 Å². The Kier molecular flexibility index (Phi) is 9.32. The van der Waals surface area contributed by atoms with Gasteiger partial charge in [0.05, 0.1) is 24.8 Å². The Morgan fingerprint density at radius 2 is 1.65 bits per heavy atom. The standard InChI is InChI=1S/C29H28Cl2N4O4S/c1-20-13-23(21(2)35(20)26-15-24(30)14-25(31)16-26)17-32-33-29(36)19-34(18-22-7-5-4-6-8-22)40(37,38)28-11-9-27(39-3)10-12-28/h4-17H,18-19H2,1-3H3,(H,33,36)/b32-17+. The zero-order valence-corrected chi connectivity index (χ0v) is 24.5. The van der Waals surface area contributed by atoms with Crippen LogP contribution in [0.1, 0.15) is 22.5 Å². The number of benzene rings is 3. The molecule has 0 fully saturated rings. The van der Waals surface area contributed by atoms with Gasteiger partial charge >= 0.3 is 0 Å². The molecule has 0 aliphatic heterocycles. The SMILES string of the molecule is COc1ccc(S(=O)(=O)N(CC(=O)N/N=C/c2cc(C)n(-c3cc(Cl)cc(Cl)c3)c2C)Cc2ccccc2)cc1. The van der Waals surface area contributed by atoms with Crippen molar-refractivity contribution < 1.29 is 17.9 Å². The van der Waals surface area contributed by atoms with Gasteiger partial charge in [-0.15, -0.1) is 0 Å². The first-order chi connectivity index (χ1) is 19.1. The molecule has 0 atom stereocenters. The second-order valence-electron chi connectivity index (χ2n) is 9.02. The van der Waals surface area contributed by atoms with Crippen LogP contribution in [-0.4, -0.2) is 43.1 Å². The maximum absolute atomic E-state index is 13.5. The van der Waals surface area contributed by atoms with E-state index >= 15 is 0 Å². The third-order valence-electron chi connectivity index (χ3n) is 6.19. The summed E-state index contributed by atoms with van der Waals surface area (Å²) in [5.41, 5.74) is 6.55. The highest BCUT2D eigenvalue weighted by atomic mass is 35.5. The molecule has 4 rings (SSSR count). The molecule has 1 heterocycles. The van der Waals surface area contributed by atoms with E-state index < -0.39 is 22.5 Å². The number of ether oxygens (including phenoxy) is 1. The van der Waals surface area contributed by atoms with Crippen LogP contribution in [0.4, 0.5) is 0 Å². The second kappa shape index (κ2) is 12.7. The van der Waals surface area contributed by atoms with Crippen molar-refractivity contribution in [3.63, 3.8) is 0 Å². The summed E-state index contributed by atoms with van der Waals surface area (Å²) >= 11 is 12.4. The molecule has 40 heavy (non-hydrogen) atoms. The van der Waals surface area contributed by atoms with Gasteiger partial charge in [-0.05, 0) is 67.9 Å². The Balaban J connectivity index is 1.52. The zero-order chi connectivity index (χ0) is 28.9. The van der Waals surface area contributed by atoms with Gasteiger partial charge in [0, 0.05) is 39.2 Å². The van der Waals surface area contributed by atoms with Crippen molar-refractivity contribution in [1.82, 2.24) is 14.3 Å². The average molecular weight is 600 g/mol. The Morgan fingerprint density at radius 1 is 1.00 bits per heavy atom. The number of amides is 1. The van der Waals surface area contributed by atoms with E-state index in [-0.39, 0.29) is 11.4 Å². The number of halogens is 2. The first-order valence-corrected chi connectivity index (χ1v) is 14.4. The number of aromatic nitrogens is 1.